The van der Waals surface area contributed by atoms with E-state index in [1.165, 1.54) is 24.2 Å². The van der Waals surface area contributed by atoms with Gasteiger partial charge in [-0.25, -0.2) is 0 Å². The van der Waals surface area contributed by atoms with Gasteiger partial charge in [0, 0.05) is 18.0 Å². The molecule has 0 aliphatic carbocycles. The number of nitrogens with one attached hydrogen (secondary N) is 1. The average molecular weight is 437 g/mol. The van der Waals surface area contributed by atoms with Crippen LogP contribution in [0.25, 0.3) is 5.69 Å². The highest BCUT2D eigenvalue weighted by Gasteiger charge is 2.18. The SMILES string of the molecule is COc1cc(-n2cnnn2)c(Cl)cc1C(=O)Nc1ccc(Oc2cccnc2)c(C)c1. The van der Waals surface area contributed by atoms with Gasteiger partial charge in [0.25, 0.3) is 5.91 Å². The van der Waals surface area contributed by atoms with Crippen LogP contribution in [-0.4, -0.2) is 38.2 Å². The van der Waals surface area contributed by atoms with Crippen molar-refractivity contribution >= 4 is 23.2 Å². The Morgan fingerprint density at radius 1 is 1.16 bits per heavy atom. The zero-order chi connectivity index (χ0) is 21.8. The van der Waals surface area contributed by atoms with E-state index < -0.39 is 0 Å². The van der Waals surface area contributed by atoms with Gasteiger partial charge < -0.3 is 14.8 Å². The molecule has 0 aliphatic heterocycles. The molecule has 1 amide bonds. The maximum absolute atomic E-state index is 12.9. The molecule has 0 atom stereocenters. The fourth-order valence-electron chi connectivity index (χ4n) is 2.91. The molecule has 156 valence electrons. The number of ether oxygens (including phenoxy) is 2. The summed E-state index contributed by atoms with van der Waals surface area (Å²) in [5.74, 6) is 1.25. The van der Waals surface area contributed by atoms with Crippen molar-refractivity contribution in [1.29, 1.82) is 0 Å². The van der Waals surface area contributed by atoms with Gasteiger partial charge in [0.1, 0.15) is 23.6 Å². The second-order valence-electron chi connectivity index (χ2n) is 6.48. The number of aryl methyl sites for hydroxylation is 1. The van der Waals surface area contributed by atoms with E-state index in [0.29, 0.717) is 33.6 Å². The Labute approximate surface area is 182 Å². The van der Waals surface area contributed by atoms with Crippen LogP contribution < -0.4 is 14.8 Å². The Bertz CT molecular complexity index is 1220. The molecule has 0 saturated carbocycles. The molecule has 1 N–H and O–H groups in total. The van der Waals surface area contributed by atoms with Crippen LogP contribution in [0.3, 0.4) is 0 Å². The molecule has 2 aromatic heterocycles. The monoisotopic (exact) mass is 436 g/mol. The lowest BCUT2D eigenvalue weighted by molar-refractivity contribution is 0.102. The number of carbonyl (C=O) groups is 1. The molecule has 0 radical (unpaired) electrons. The Morgan fingerprint density at radius 3 is 2.71 bits per heavy atom. The third-order valence-corrected chi connectivity index (χ3v) is 4.71. The highest BCUT2D eigenvalue weighted by Crippen LogP contribution is 2.31. The standard InChI is InChI=1S/C21H17ClN6O3/c1-13-8-14(5-6-19(13)31-15-4-3-7-23-11-15)25-21(29)16-9-17(22)18(10-20(16)30-2)28-12-24-26-27-28/h3-12H,1-2H3,(H,25,29). The van der Waals surface area contributed by atoms with Crippen LogP contribution in [0.2, 0.25) is 5.02 Å². The number of nitrogens with zero attached hydrogens (tertiary/aromatic N) is 5. The third-order valence-electron chi connectivity index (χ3n) is 4.40. The molecule has 31 heavy (non-hydrogen) atoms. The number of amides is 1. The summed E-state index contributed by atoms with van der Waals surface area (Å²) in [5, 5.41) is 14.1. The van der Waals surface area contributed by atoms with Gasteiger partial charge in [0.05, 0.1) is 29.6 Å². The minimum atomic E-state index is -0.373. The second-order valence-corrected chi connectivity index (χ2v) is 6.89. The normalized spacial score (nSPS) is 10.5. The summed E-state index contributed by atoms with van der Waals surface area (Å²) in [6.45, 7) is 1.89. The molecule has 0 spiro atoms. The summed E-state index contributed by atoms with van der Waals surface area (Å²) >= 11 is 6.35. The van der Waals surface area contributed by atoms with Crippen molar-refractivity contribution in [3.63, 3.8) is 0 Å². The van der Waals surface area contributed by atoms with Gasteiger partial charge >= 0.3 is 0 Å². The number of pyridine rings is 1. The van der Waals surface area contributed by atoms with E-state index in [2.05, 4.69) is 25.8 Å². The van der Waals surface area contributed by atoms with Crippen molar-refractivity contribution in [3.05, 3.63) is 77.3 Å². The second kappa shape index (κ2) is 8.80. The first-order valence-corrected chi connectivity index (χ1v) is 9.53. The lowest BCUT2D eigenvalue weighted by Gasteiger charge is -2.14. The van der Waals surface area contributed by atoms with E-state index in [4.69, 9.17) is 21.1 Å². The van der Waals surface area contributed by atoms with Gasteiger partial charge in [-0.1, -0.05) is 11.6 Å². The Morgan fingerprint density at radius 2 is 2.03 bits per heavy atom. The number of carbonyl (C=O) groups excluding carboxylic acids is 1. The highest BCUT2D eigenvalue weighted by atomic mass is 35.5. The van der Waals surface area contributed by atoms with Gasteiger partial charge in [-0.3, -0.25) is 9.78 Å². The van der Waals surface area contributed by atoms with Crippen LogP contribution in [0.15, 0.2) is 61.2 Å². The third kappa shape index (κ3) is 4.46. The molecule has 4 aromatic rings. The van der Waals surface area contributed by atoms with Gasteiger partial charge in [0.15, 0.2) is 0 Å². The number of methoxy groups -OCH3 is 1. The lowest BCUT2D eigenvalue weighted by Crippen LogP contribution is -2.14. The topological polar surface area (TPSA) is 104 Å². The molecule has 0 unspecified atom stereocenters. The number of rotatable bonds is 6. The highest BCUT2D eigenvalue weighted by molar-refractivity contribution is 6.33. The fourth-order valence-corrected chi connectivity index (χ4v) is 3.16. The van der Waals surface area contributed by atoms with Gasteiger partial charge in [-0.2, -0.15) is 4.68 Å². The predicted octanol–water partition coefficient (Wildman–Crippen LogP) is 4.07. The van der Waals surface area contributed by atoms with E-state index in [-0.39, 0.29) is 11.5 Å². The molecule has 2 heterocycles. The number of tetrazole rings is 1. The molecule has 0 saturated heterocycles. The largest absolute Gasteiger partial charge is 0.496 e. The number of hydrogen-bond acceptors (Lipinski definition) is 7. The van der Waals surface area contributed by atoms with E-state index in [9.17, 15) is 4.79 Å². The van der Waals surface area contributed by atoms with Crippen LogP contribution in [0, 0.1) is 6.92 Å². The summed E-state index contributed by atoms with van der Waals surface area (Å²) < 4.78 is 12.6. The van der Waals surface area contributed by atoms with Crippen molar-refractivity contribution in [3.8, 4) is 22.9 Å². The zero-order valence-electron chi connectivity index (χ0n) is 16.6. The molecule has 0 fully saturated rings. The van der Waals surface area contributed by atoms with Crippen LogP contribution in [-0.2, 0) is 0 Å². The molecule has 4 rings (SSSR count). The first-order valence-electron chi connectivity index (χ1n) is 9.16. The number of hydrogen-bond donors (Lipinski definition) is 1. The molecular formula is C21H17ClN6O3. The fraction of sp³-hybridized carbons (Fsp3) is 0.0952. The van der Waals surface area contributed by atoms with Gasteiger partial charge in [0.2, 0.25) is 0 Å². The number of benzene rings is 2. The quantitative estimate of drug-likeness (QED) is 0.485. The van der Waals surface area contributed by atoms with Gasteiger partial charge in [-0.05, 0) is 59.3 Å². The van der Waals surface area contributed by atoms with E-state index in [1.54, 1.807) is 36.7 Å². The predicted molar refractivity (Wildman–Crippen MR) is 114 cm³/mol. The Kier molecular flexibility index (Phi) is 5.76. The van der Waals surface area contributed by atoms with Crippen molar-refractivity contribution in [1.82, 2.24) is 25.2 Å². The van der Waals surface area contributed by atoms with Gasteiger partial charge in [-0.15, -0.1) is 5.10 Å². The van der Waals surface area contributed by atoms with Crippen molar-refractivity contribution < 1.29 is 14.3 Å². The molecule has 2 aromatic carbocycles. The summed E-state index contributed by atoms with van der Waals surface area (Å²) in [4.78, 5) is 16.9. The first kappa shape index (κ1) is 20.3. The van der Waals surface area contributed by atoms with E-state index in [0.717, 1.165) is 5.56 Å². The van der Waals surface area contributed by atoms with Crippen LogP contribution >= 0.6 is 11.6 Å². The maximum Gasteiger partial charge on any atom is 0.259 e. The first-order chi connectivity index (χ1) is 15.0. The summed E-state index contributed by atoms with van der Waals surface area (Å²) in [6.07, 6.45) is 4.71. The molecular weight excluding hydrogens is 420 g/mol. The minimum absolute atomic E-state index is 0.276. The van der Waals surface area contributed by atoms with Crippen LogP contribution in [0.5, 0.6) is 17.2 Å². The number of anilines is 1. The number of halogens is 1. The Hall–Kier alpha value is -3.98. The molecule has 0 aliphatic rings. The zero-order valence-corrected chi connectivity index (χ0v) is 17.4. The average Bonchev–Trinajstić information content (AvgIpc) is 3.31. The minimum Gasteiger partial charge on any atom is -0.496 e. The summed E-state index contributed by atoms with van der Waals surface area (Å²) in [7, 11) is 1.47. The van der Waals surface area contributed by atoms with Crippen molar-refractivity contribution in [2.45, 2.75) is 6.92 Å². The lowest BCUT2D eigenvalue weighted by atomic mass is 10.1. The van der Waals surface area contributed by atoms with Crippen LogP contribution in [0.1, 0.15) is 15.9 Å². The summed E-state index contributed by atoms with van der Waals surface area (Å²) in [5.41, 5.74) is 2.22. The molecule has 10 heteroatoms. The van der Waals surface area contributed by atoms with E-state index >= 15 is 0 Å². The van der Waals surface area contributed by atoms with Crippen molar-refractivity contribution in [2.24, 2.45) is 0 Å². The number of aromatic nitrogens is 5. The molecule has 0 bridgehead atoms. The Balaban J connectivity index is 1.55. The van der Waals surface area contributed by atoms with Crippen LogP contribution in [0.4, 0.5) is 5.69 Å². The molecule has 9 nitrogen and oxygen atoms in total. The van der Waals surface area contributed by atoms with Crippen molar-refractivity contribution in [2.75, 3.05) is 12.4 Å². The maximum atomic E-state index is 12.9. The van der Waals surface area contributed by atoms with E-state index in [1.807, 2.05) is 19.1 Å². The summed E-state index contributed by atoms with van der Waals surface area (Å²) in [6, 6.07) is 12.1. The smallest absolute Gasteiger partial charge is 0.259 e.